The Kier molecular flexibility index (Phi) is 1.96. The van der Waals surface area contributed by atoms with Crippen molar-refractivity contribution < 1.29 is 0 Å². The molecular weight excluding hydrogens is 124 g/mol. The van der Waals surface area contributed by atoms with Crippen LogP contribution in [-0.2, 0) is 0 Å². The summed E-state index contributed by atoms with van der Waals surface area (Å²) in [6.45, 7) is 6.10. The zero-order valence-electron chi connectivity index (χ0n) is 6.72. The summed E-state index contributed by atoms with van der Waals surface area (Å²) in [5.41, 5.74) is 0.274. The van der Waals surface area contributed by atoms with Gasteiger partial charge in [-0.2, -0.15) is 5.26 Å². The molecule has 0 amide bonds. The van der Waals surface area contributed by atoms with Crippen molar-refractivity contribution in [2.75, 3.05) is 13.1 Å². The smallest absolute Gasteiger partial charge is 0.0870 e. The van der Waals surface area contributed by atoms with Gasteiger partial charge in [0, 0.05) is 5.54 Å². The fraction of sp³-hybridized carbons (Fsp3) is 0.875. The highest BCUT2D eigenvalue weighted by atomic mass is 15.2. The van der Waals surface area contributed by atoms with Crippen LogP contribution in [0.4, 0.5) is 0 Å². The third kappa shape index (κ3) is 1.30. The van der Waals surface area contributed by atoms with Crippen molar-refractivity contribution in [3.05, 3.63) is 0 Å². The first-order chi connectivity index (χ1) is 4.67. The average molecular weight is 138 g/mol. The topological polar surface area (TPSA) is 27.0 Å². The van der Waals surface area contributed by atoms with Gasteiger partial charge in [0.1, 0.15) is 0 Å². The summed E-state index contributed by atoms with van der Waals surface area (Å²) in [5, 5.41) is 8.47. The molecule has 1 rings (SSSR count). The Balaban J connectivity index is 2.53. The summed E-state index contributed by atoms with van der Waals surface area (Å²) in [4.78, 5) is 2.24. The Morgan fingerprint density at radius 3 is 2.70 bits per heavy atom. The number of rotatable bonds is 1. The maximum atomic E-state index is 8.47. The van der Waals surface area contributed by atoms with Crippen LogP contribution in [0.3, 0.4) is 0 Å². The molecule has 0 aromatic heterocycles. The lowest BCUT2D eigenvalue weighted by atomic mass is 10.0. The number of nitrogens with zero attached hydrogens (tertiary/aromatic N) is 2. The van der Waals surface area contributed by atoms with E-state index in [1.807, 2.05) is 0 Å². The molecule has 0 unspecified atom stereocenters. The van der Waals surface area contributed by atoms with E-state index in [1.165, 1.54) is 12.8 Å². The van der Waals surface area contributed by atoms with Crippen molar-refractivity contribution in [3.63, 3.8) is 0 Å². The number of likely N-dealkylation sites (tertiary alicyclic amines) is 1. The van der Waals surface area contributed by atoms with Crippen LogP contribution in [0.15, 0.2) is 0 Å². The summed E-state index contributed by atoms with van der Waals surface area (Å²) in [7, 11) is 0. The van der Waals surface area contributed by atoms with Crippen molar-refractivity contribution >= 4 is 0 Å². The van der Waals surface area contributed by atoms with E-state index in [9.17, 15) is 0 Å². The van der Waals surface area contributed by atoms with Gasteiger partial charge < -0.3 is 0 Å². The van der Waals surface area contributed by atoms with Crippen LogP contribution in [0.1, 0.15) is 26.7 Å². The largest absolute Gasteiger partial charge is 0.285 e. The average Bonchev–Trinajstić information content (AvgIpc) is 2.13. The van der Waals surface area contributed by atoms with E-state index in [0.29, 0.717) is 6.54 Å². The molecule has 2 heteroatoms. The molecule has 10 heavy (non-hydrogen) atoms. The lowest BCUT2D eigenvalue weighted by Gasteiger charge is -2.28. The van der Waals surface area contributed by atoms with Crippen molar-refractivity contribution in [2.24, 2.45) is 0 Å². The molecule has 0 saturated carbocycles. The quantitative estimate of drug-likeness (QED) is 0.512. The fourth-order valence-electron chi connectivity index (χ4n) is 1.54. The molecule has 2 nitrogen and oxygen atoms in total. The highest BCUT2D eigenvalue weighted by Crippen LogP contribution is 2.26. The van der Waals surface area contributed by atoms with Crippen LogP contribution < -0.4 is 0 Å². The molecule has 0 spiro atoms. The molecule has 0 aromatic rings. The first kappa shape index (κ1) is 7.56. The van der Waals surface area contributed by atoms with Gasteiger partial charge >= 0.3 is 0 Å². The van der Waals surface area contributed by atoms with Gasteiger partial charge in [-0.1, -0.05) is 0 Å². The lowest BCUT2D eigenvalue weighted by molar-refractivity contribution is 0.197. The Labute approximate surface area is 62.4 Å². The van der Waals surface area contributed by atoms with E-state index in [4.69, 9.17) is 5.26 Å². The molecular formula is C8H14N2. The monoisotopic (exact) mass is 138 g/mol. The Morgan fingerprint density at radius 1 is 1.60 bits per heavy atom. The van der Waals surface area contributed by atoms with E-state index in [-0.39, 0.29) is 5.54 Å². The van der Waals surface area contributed by atoms with Crippen LogP contribution >= 0.6 is 0 Å². The summed E-state index contributed by atoms with van der Waals surface area (Å²) in [6, 6.07) is 2.19. The molecule has 0 bridgehead atoms. The Hall–Kier alpha value is -0.550. The van der Waals surface area contributed by atoms with E-state index in [2.05, 4.69) is 24.8 Å². The van der Waals surface area contributed by atoms with Crippen LogP contribution in [0, 0.1) is 11.3 Å². The number of hydrogen-bond donors (Lipinski definition) is 0. The molecule has 0 aromatic carbocycles. The Morgan fingerprint density at radius 2 is 2.30 bits per heavy atom. The first-order valence-corrected chi connectivity index (χ1v) is 3.79. The third-order valence-electron chi connectivity index (χ3n) is 2.33. The molecule has 1 saturated heterocycles. The van der Waals surface area contributed by atoms with Crippen LogP contribution in [0.5, 0.6) is 0 Å². The van der Waals surface area contributed by atoms with Crippen molar-refractivity contribution in [3.8, 4) is 6.07 Å². The van der Waals surface area contributed by atoms with E-state index in [0.717, 1.165) is 6.54 Å². The molecule has 56 valence electrons. The van der Waals surface area contributed by atoms with Gasteiger partial charge in [-0.25, -0.2) is 0 Å². The maximum Gasteiger partial charge on any atom is 0.0870 e. The molecule has 1 aliphatic heterocycles. The maximum absolute atomic E-state index is 8.47. The molecule has 1 aliphatic rings. The van der Waals surface area contributed by atoms with Gasteiger partial charge in [-0.15, -0.1) is 0 Å². The van der Waals surface area contributed by atoms with Crippen LogP contribution in [0.25, 0.3) is 0 Å². The fourth-order valence-corrected chi connectivity index (χ4v) is 1.54. The number of hydrogen-bond acceptors (Lipinski definition) is 2. The van der Waals surface area contributed by atoms with Crippen molar-refractivity contribution in [1.82, 2.24) is 4.90 Å². The van der Waals surface area contributed by atoms with Gasteiger partial charge in [0.25, 0.3) is 0 Å². The molecule has 0 aliphatic carbocycles. The van der Waals surface area contributed by atoms with E-state index in [1.54, 1.807) is 0 Å². The first-order valence-electron chi connectivity index (χ1n) is 3.79. The van der Waals surface area contributed by atoms with Crippen LogP contribution in [-0.4, -0.2) is 23.5 Å². The van der Waals surface area contributed by atoms with Gasteiger partial charge in [0.05, 0.1) is 12.6 Å². The van der Waals surface area contributed by atoms with Gasteiger partial charge in [-0.05, 0) is 33.2 Å². The zero-order chi connectivity index (χ0) is 7.61. The lowest BCUT2D eigenvalue weighted by Crippen LogP contribution is -2.38. The second-order valence-corrected chi connectivity index (χ2v) is 3.50. The summed E-state index contributed by atoms with van der Waals surface area (Å²) >= 11 is 0. The van der Waals surface area contributed by atoms with Gasteiger partial charge in [0.15, 0.2) is 0 Å². The van der Waals surface area contributed by atoms with E-state index < -0.39 is 0 Å². The van der Waals surface area contributed by atoms with E-state index >= 15 is 0 Å². The second kappa shape index (κ2) is 2.59. The van der Waals surface area contributed by atoms with Crippen molar-refractivity contribution in [2.45, 2.75) is 32.2 Å². The summed E-state index contributed by atoms with van der Waals surface area (Å²) in [5.74, 6) is 0. The molecule has 0 atom stereocenters. The second-order valence-electron chi connectivity index (χ2n) is 3.50. The molecule has 0 N–H and O–H groups in total. The Bertz CT molecular complexity index is 155. The minimum absolute atomic E-state index is 0.274. The summed E-state index contributed by atoms with van der Waals surface area (Å²) < 4.78 is 0. The zero-order valence-corrected chi connectivity index (χ0v) is 6.72. The minimum Gasteiger partial charge on any atom is -0.285 e. The molecule has 1 heterocycles. The third-order valence-corrected chi connectivity index (χ3v) is 2.33. The highest BCUT2D eigenvalue weighted by Gasteiger charge is 2.30. The SMILES string of the molecule is CC1(C)CCCN1CC#N. The highest BCUT2D eigenvalue weighted by molar-refractivity contribution is 4.92. The van der Waals surface area contributed by atoms with Gasteiger partial charge in [0.2, 0.25) is 0 Å². The summed E-state index contributed by atoms with van der Waals surface area (Å²) in [6.07, 6.45) is 2.48. The van der Waals surface area contributed by atoms with Crippen LogP contribution in [0.2, 0.25) is 0 Å². The molecule has 0 radical (unpaired) electrons. The normalized spacial score (nSPS) is 24.5. The predicted molar refractivity (Wildman–Crippen MR) is 40.5 cm³/mol. The standard InChI is InChI=1S/C8H14N2/c1-8(2)4-3-6-10(8)7-5-9/h3-4,6-7H2,1-2H3. The molecule has 1 fully saturated rings. The van der Waals surface area contributed by atoms with Gasteiger partial charge in [-0.3, -0.25) is 4.90 Å². The minimum atomic E-state index is 0.274. The van der Waals surface area contributed by atoms with Crippen molar-refractivity contribution in [1.29, 1.82) is 5.26 Å². The predicted octanol–water partition coefficient (Wildman–Crippen LogP) is 1.38. The number of nitriles is 1.